The minimum Gasteiger partial charge on any atom is -0.481 e. The van der Waals surface area contributed by atoms with Crippen molar-refractivity contribution >= 4 is 25.7 Å². The van der Waals surface area contributed by atoms with Crippen molar-refractivity contribution in [2.75, 3.05) is 14.1 Å². The quantitative estimate of drug-likeness (QED) is 0.0356. The Labute approximate surface area is 411 Å². The van der Waals surface area contributed by atoms with Crippen LogP contribution >= 0.6 is 7.82 Å². The van der Waals surface area contributed by atoms with Crippen molar-refractivity contribution in [3.05, 3.63) is 83.9 Å². The van der Waals surface area contributed by atoms with E-state index in [0.29, 0.717) is 18.5 Å². The molecule has 14 nitrogen and oxygen atoms in total. The zero-order valence-electron chi connectivity index (χ0n) is 41.9. The lowest BCUT2D eigenvalue weighted by Crippen LogP contribution is -2.62. The Morgan fingerprint density at radius 2 is 0.971 bits per heavy atom. The predicted octanol–water partition coefficient (Wildman–Crippen LogP) is 9.85. The molecular weight excluding hydrogens is 900 g/mol. The van der Waals surface area contributed by atoms with Crippen molar-refractivity contribution in [1.29, 1.82) is 0 Å². The second-order valence-electron chi connectivity index (χ2n) is 19.9. The first-order valence-electron chi connectivity index (χ1n) is 25.9. The second-order valence-corrected chi connectivity index (χ2v) is 21.0. The van der Waals surface area contributed by atoms with Gasteiger partial charge in [0.2, 0.25) is 0 Å². The third-order valence-electron chi connectivity index (χ3n) is 15.0. The zero-order valence-corrected chi connectivity index (χ0v) is 42.8. The van der Waals surface area contributed by atoms with Gasteiger partial charge in [-0.05, 0) is 95.9 Å². The van der Waals surface area contributed by atoms with Gasteiger partial charge in [-0.15, -0.1) is 0 Å². The number of carboxylic acids is 1. The second kappa shape index (κ2) is 28.5. The molecule has 8 unspecified atom stereocenters. The molecule has 4 heterocycles. The van der Waals surface area contributed by atoms with Crippen LogP contribution in [-0.2, 0) is 37.9 Å². The minimum atomic E-state index is -4.64. The summed E-state index contributed by atoms with van der Waals surface area (Å²) in [6.45, 7) is 5.26. The lowest BCUT2D eigenvalue weighted by atomic mass is 9.62. The van der Waals surface area contributed by atoms with E-state index in [9.17, 15) is 14.4 Å². The van der Waals surface area contributed by atoms with Gasteiger partial charge in [-0.3, -0.25) is 24.2 Å². The number of aliphatic carboxylic acids is 1. The average molecular weight is 983 g/mol. The van der Waals surface area contributed by atoms with Gasteiger partial charge < -0.3 is 38.7 Å². The lowest BCUT2D eigenvalue weighted by Gasteiger charge is -2.56. The standard InChI is InChI=1S/C36H46N2O6.C18H34O2.H3O4P/c1-21(39)41-33-27-17-15-25(37(27)3)19-29(33)43-35-31(23-11-7-5-8-12-23)36(32(35)24-13-9-6-10-14-24)44-30-20-26-16-18-28(38(26)4)34(30)42-22(2)40;1-2-3-4-5-6-7-8-9-10-11-12-13-14-15-16-17-18(19)20;1-5(2,3)4/h5-14,25-36H,15-20H2,1-4H3;9-10H,2-8,11-17H2,1H3,(H,19,20);(H3,1,2,3,4)/b;10-9-;. The normalized spacial score (nSPS) is 29.6. The smallest absolute Gasteiger partial charge is 0.466 e. The van der Waals surface area contributed by atoms with Crippen LogP contribution in [0.2, 0.25) is 0 Å². The highest BCUT2D eigenvalue weighted by atomic mass is 31.2. The van der Waals surface area contributed by atoms with Crippen LogP contribution in [0.3, 0.4) is 0 Å². The number of nitrogens with zero attached hydrogens (tertiary/aromatic N) is 2. The first kappa shape index (κ1) is 56.5. The molecule has 2 aromatic carbocycles. The van der Waals surface area contributed by atoms with E-state index >= 15 is 0 Å². The average Bonchev–Trinajstić information content (AvgIpc) is 3.70. The summed E-state index contributed by atoms with van der Waals surface area (Å²) >= 11 is 0. The first-order valence-corrected chi connectivity index (χ1v) is 27.5. The third kappa shape index (κ3) is 17.7. The number of piperidine rings is 2. The fourth-order valence-electron chi connectivity index (χ4n) is 11.6. The summed E-state index contributed by atoms with van der Waals surface area (Å²) in [5.41, 5.74) is 2.35. The minimum absolute atomic E-state index is 0.0213. The van der Waals surface area contributed by atoms with E-state index in [0.717, 1.165) is 51.4 Å². The number of hydrogen-bond donors (Lipinski definition) is 4. The van der Waals surface area contributed by atoms with E-state index in [1.54, 1.807) is 0 Å². The lowest BCUT2D eigenvalue weighted by molar-refractivity contribution is -0.231. The van der Waals surface area contributed by atoms with Crippen LogP contribution in [-0.4, -0.2) is 122 Å². The highest BCUT2D eigenvalue weighted by molar-refractivity contribution is 7.45. The maximum absolute atomic E-state index is 12.3. The van der Waals surface area contributed by atoms with Gasteiger partial charge in [0.15, 0.2) is 0 Å². The maximum Gasteiger partial charge on any atom is 0.466 e. The number of benzene rings is 2. The molecule has 1 saturated carbocycles. The van der Waals surface area contributed by atoms with Gasteiger partial charge in [0, 0.05) is 56.3 Å². The van der Waals surface area contributed by atoms with Gasteiger partial charge in [0.1, 0.15) is 12.2 Å². The van der Waals surface area contributed by atoms with Crippen LogP contribution in [0.4, 0.5) is 0 Å². The van der Waals surface area contributed by atoms with Gasteiger partial charge in [0.05, 0.1) is 24.4 Å². The summed E-state index contributed by atoms with van der Waals surface area (Å²) < 4.78 is 35.3. The molecule has 4 aliphatic heterocycles. The molecule has 5 aliphatic rings. The zero-order chi connectivity index (χ0) is 49.9. The molecule has 0 aromatic heterocycles. The molecule has 4 saturated heterocycles. The Morgan fingerprint density at radius 1 is 0.594 bits per heavy atom. The van der Waals surface area contributed by atoms with E-state index < -0.39 is 13.8 Å². The Bertz CT molecular complexity index is 1800. The Balaban J connectivity index is 0.000000298. The van der Waals surface area contributed by atoms with Crippen LogP contribution in [0.15, 0.2) is 72.8 Å². The molecule has 4 bridgehead atoms. The molecule has 4 N–H and O–H groups in total. The SMILES string of the molecule is CC(=O)OC1C(OC2C(c3ccccc3)C(OC3CC4CCC(C3OC(C)=O)N4C)C2c2ccccc2)CC2CCC1N2C.CCCCCCCC/C=C\CCCCCCCC(=O)O.O=P(O)(O)O. The van der Waals surface area contributed by atoms with Gasteiger partial charge >= 0.3 is 25.7 Å². The van der Waals surface area contributed by atoms with Gasteiger partial charge in [-0.1, -0.05) is 131 Å². The molecule has 1 aliphatic carbocycles. The maximum atomic E-state index is 12.3. The van der Waals surface area contributed by atoms with E-state index in [1.807, 2.05) is 12.1 Å². The van der Waals surface area contributed by atoms with Crippen LogP contribution < -0.4 is 0 Å². The Morgan fingerprint density at radius 3 is 1.35 bits per heavy atom. The number of rotatable bonds is 23. The molecule has 2 aromatic rings. The number of carbonyl (C=O) groups is 3. The van der Waals surface area contributed by atoms with Crippen molar-refractivity contribution < 1.29 is 57.7 Å². The summed E-state index contributed by atoms with van der Waals surface area (Å²) in [5, 5.41) is 8.51. The van der Waals surface area contributed by atoms with Crippen molar-refractivity contribution in [2.45, 2.75) is 222 Å². The van der Waals surface area contributed by atoms with Crippen molar-refractivity contribution in [3.63, 3.8) is 0 Å². The molecule has 8 atom stereocenters. The highest BCUT2D eigenvalue weighted by Crippen LogP contribution is 2.54. The van der Waals surface area contributed by atoms with E-state index in [-0.39, 0.29) is 72.5 Å². The van der Waals surface area contributed by atoms with Gasteiger partial charge in [-0.2, -0.15) is 0 Å². The number of likely N-dealkylation sites (N-methyl/N-ethyl adjacent to an activating group) is 2. The Hall–Kier alpha value is -3.46. The van der Waals surface area contributed by atoms with Gasteiger partial charge in [-0.25, -0.2) is 4.57 Å². The highest BCUT2D eigenvalue weighted by Gasteiger charge is 2.59. The van der Waals surface area contributed by atoms with Crippen molar-refractivity contribution in [2.24, 2.45) is 0 Å². The van der Waals surface area contributed by atoms with Crippen LogP contribution in [0.5, 0.6) is 0 Å². The van der Waals surface area contributed by atoms with Crippen LogP contribution in [0.1, 0.15) is 172 Å². The summed E-state index contributed by atoms with van der Waals surface area (Å²) in [4.78, 5) is 61.2. The fourth-order valence-corrected chi connectivity index (χ4v) is 11.6. The summed E-state index contributed by atoms with van der Waals surface area (Å²) in [5.74, 6) is -1.23. The number of ether oxygens (including phenoxy) is 4. The first-order chi connectivity index (χ1) is 33.1. The molecule has 0 spiro atoms. The molecule has 7 rings (SSSR count). The Kier molecular flexibility index (Phi) is 23.4. The number of unbranched alkanes of at least 4 members (excludes halogenated alkanes) is 11. The number of carboxylic acid groups (broad SMARTS) is 1. The molecule has 69 heavy (non-hydrogen) atoms. The van der Waals surface area contributed by atoms with E-state index in [2.05, 4.69) is 91.5 Å². The van der Waals surface area contributed by atoms with Crippen LogP contribution in [0, 0.1) is 0 Å². The molecular formula is C54H83N2O12P. The third-order valence-corrected chi connectivity index (χ3v) is 15.0. The number of allylic oxidation sites excluding steroid dienone is 2. The molecule has 5 fully saturated rings. The van der Waals surface area contributed by atoms with Gasteiger partial charge in [0.25, 0.3) is 0 Å². The fraction of sp³-hybridized carbons (Fsp3) is 0.685. The number of phosphoric acid groups is 1. The summed E-state index contributed by atoms with van der Waals surface area (Å²) in [7, 11) is -0.341. The largest absolute Gasteiger partial charge is 0.481 e. The monoisotopic (exact) mass is 983 g/mol. The number of hydrogen-bond acceptors (Lipinski definition) is 10. The van der Waals surface area contributed by atoms with Crippen molar-refractivity contribution in [3.8, 4) is 0 Å². The number of carbonyl (C=O) groups excluding carboxylic acids is 2. The van der Waals surface area contributed by atoms with Crippen LogP contribution in [0.25, 0.3) is 0 Å². The number of esters is 2. The molecule has 0 radical (unpaired) electrons. The van der Waals surface area contributed by atoms with Crippen molar-refractivity contribution in [1.82, 2.24) is 9.80 Å². The predicted molar refractivity (Wildman–Crippen MR) is 267 cm³/mol. The molecule has 0 amide bonds. The molecule has 386 valence electrons. The van der Waals surface area contributed by atoms with E-state index in [1.165, 1.54) is 95.6 Å². The topological polar surface area (TPSA) is 193 Å². The summed E-state index contributed by atoms with van der Waals surface area (Å²) in [6, 6.07) is 22.2. The molecule has 15 heteroatoms. The summed E-state index contributed by atoms with van der Waals surface area (Å²) in [6.07, 6.45) is 25.8. The number of fused-ring (bicyclic) bond motifs is 4. The van der Waals surface area contributed by atoms with E-state index in [4.69, 9.17) is 43.3 Å².